The number of hydrogen-bond acceptors (Lipinski definition) is 4. The van der Waals surface area contributed by atoms with Gasteiger partial charge in [-0.2, -0.15) is 0 Å². The van der Waals surface area contributed by atoms with Gasteiger partial charge in [0.15, 0.2) is 5.78 Å². The van der Waals surface area contributed by atoms with E-state index < -0.39 is 5.60 Å². The van der Waals surface area contributed by atoms with Crippen molar-refractivity contribution < 1.29 is 14.3 Å². The summed E-state index contributed by atoms with van der Waals surface area (Å²) >= 11 is 0. The smallest absolute Gasteiger partial charge is 0.410 e. The molecule has 182 valence electrons. The van der Waals surface area contributed by atoms with E-state index in [0.29, 0.717) is 31.0 Å². The van der Waals surface area contributed by atoms with Crippen LogP contribution in [-0.2, 0) is 4.74 Å². The van der Waals surface area contributed by atoms with Gasteiger partial charge in [0.25, 0.3) is 0 Å². The number of ketones is 1. The molecule has 0 saturated carbocycles. The van der Waals surface area contributed by atoms with Crippen molar-refractivity contribution in [3.05, 3.63) is 100 Å². The van der Waals surface area contributed by atoms with E-state index in [4.69, 9.17) is 4.74 Å². The lowest BCUT2D eigenvalue weighted by molar-refractivity contribution is 0.00818. The fraction of sp³-hybridized carbons (Fsp3) is 0.367. The third kappa shape index (κ3) is 5.97. The molecule has 0 radical (unpaired) electrons. The van der Waals surface area contributed by atoms with Crippen LogP contribution < -0.4 is 0 Å². The number of pyridine rings is 1. The number of benzene rings is 2. The quantitative estimate of drug-likeness (QED) is 0.389. The Bertz CT molecular complexity index is 1200. The van der Waals surface area contributed by atoms with Crippen LogP contribution in [0.1, 0.15) is 77.3 Å². The lowest BCUT2D eigenvalue weighted by Crippen LogP contribution is -2.50. The van der Waals surface area contributed by atoms with Gasteiger partial charge in [-0.1, -0.05) is 48.5 Å². The first-order chi connectivity index (χ1) is 16.6. The Hall–Kier alpha value is -3.47. The summed E-state index contributed by atoms with van der Waals surface area (Å²) in [7, 11) is 0. The van der Waals surface area contributed by atoms with E-state index in [1.54, 1.807) is 17.2 Å². The van der Waals surface area contributed by atoms with Crippen LogP contribution in [0.3, 0.4) is 0 Å². The minimum Gasteiger partial charge on any atom is -0.444 e. The molecule has 1 aliphatic rings. The van der Waals surface area contributed by atoms with E-state index in [-0.39, 0.29) is 17.8 Å². The second-order valence-electron chi connectivity index (χ2n) is 10.5. The van der Waals surface area contributed by atoms with Gasteiger partial charge in [0.05, 0.1) is 0 Å². The summed E-state index contributed by atoms with van der Waals surface area (Å²) in [6.45, 7) is 11.0. The molecule has 0 N–H and O–H groups in total. The van der Waals surface area contributed by atoms with Crippen LogP contribution in [0.5, 0.6) is 0 Å². The van der Waals surface area contributed by atoms with Crippen molar-refractivity contribution in [2.45, 2.75) is 58.5 Å². The largest absolute Gasteiger partial charge is 0.444 e. The average molecular weight is 471 g/mol. The number of likely N-dealkylation sites (tertiary alicyclic amines) is 1. The van der Waals surface area contributed by atoms with Crippen molar-refractivity contribution in [2.24, 2.45) is 0 Å². The SMILES string of the molecule is Cc1cc(C(=O)CC(c2ccc(C3CN(C(=O)OC(C)(C)C)C3)cc2)c2ccccc2C)ccn1. The first-order valence-electron chi connectivity index (χ1n) is 12.2. The van der Waals surface area contributed by atoms with Crippen molar-refractivity contribution >= 4 is 11.9 Å². The van der Waals surface area contributed by atoms with Gasteiger partial charge in [-0.05, 0) is 69.0 Å². The predicted molar refractivity (Wildman–Crippen MR) is 138 cm³/mol. The number of nitrogens with zero attached hydrogens (tertiary/aromatic N) is 2. The number of Topliss-reactive ketones (excluding diaryl/α,β-unsaturated/α-hetero) is 1. The van der Waals surface area contributed by atoms with E-state index in [1.807, 2.05) is 45.9 Å². The minimum atomic E-state index is -0.485. The highest BCUT2D eigenvalue weighted by molar-refractivity contribution is 5.96. The summed E-state index contributed by atoms with van der Waals surface area (Å²) < 4.78 is 5.47. The molecular weight excluding hydrogens is 436 g/mol. The van der Waals surface area contributed by atoms with Crippen LogP contribution in [-0.4, -0.2) is 40.5 Å². The summed E-state index contributed by atoms with van der Waals surface area (Å²) in [5, 5.41) is 0. The molecule has 1 fully saturated rings. The Balaban J connectivity index is 1.51. The molecule has 5 nitrogen and oxygen atoms in total. The molecule has 1 amide bonds. The molecule has 2 aromatic carbocycles. The molecular formula is C30H34N2O3. The van der Waals surface area contributed by atoms with Crippen molar-refractivity contribution in [3.63, 3.8) is 0 Å². The molecule has 1 saturated heterocycles. The molecule has 0 bridgehead atoms. The normalized spacial score (nSPS) is 14.8. The molecule has 1 aliphatic heterocycles. The maximum Gasteiger partial charge on any atom is 0.410 e. The first-order valence-corrected chi connectivity index (χ1v) is 12.2. The van der Waals surface area contributed by atoms with E-state index >= 15 is 0 Å². The van der Waals surface area contributed by atoms with E-state index in [9.17, 15) is 9.59 Å². The van der Waals surface area contributed by atoms with Crippen molar-refractivity contribution in [3.8, 4) is 0 Å². The lowest BCUT2D eigenvalue weighted by atomic mass is 9.82. The Morgan fingerprint density at radius 2 is 1.71 bits per heavy atom. The van der Waals surface area contributed by atoms with Gasteiger partial charge in [-0.25, -0.2) is 4.79 Å². The molecule has 1 atom stereocenters. The first kappa shape index (κ1) is 24.6. The molecule has 35 heavy (non-hydrogen) atoms. The Morgan fingerprint density at radius 3 is 2.34 bits per heavy atom. The zero-order valence-electron chi connectivity index (χ0n) is 21.2. The average Bonchev–Trinajstić information content (AvgIpc) is 2.76. The Kier molecular flexibility index (Phi) is 7.06. The van der Waals surface area contributed by atoms with Crippen molar-refractivity contribution in [1.29, 1.82) is 0 Å². The number of hydrogen-bond donors (Lipinski definition) is 0. The number of aryl methyl sites for hydroxylation is 2. The molecule has 0 spiro atoms. The van der Waals surface area contributed by atoms with Crippen LogP contribution in [0.15, 0.2) is 66.9 Å². The van der Waals surface area contributed by atoms with Crippen molar-refractivity contribution in [1.82, 2.24) is 9.88 Å². The minimum absolute atomic E-state index is 0.0362. The molecule has 4 rings (SSSR count). The summed E-state index contributed by atoms with van der Waals surface area (Å²) in [5.74, 6) is 0.376. The fourth-order valence-corrected chi connectivity index (χ4v) is 4.57. The van der Waals surface area contributed by atoms with Crippen LogP contribution in [0.4, 0.5) is 4.79 Å². The van der Waals surface area contributed by atoms with E-state index in [2.05, 4.69) is 48.3 Å². The molecule has 1 aromatic heterocycles. The number of aromatic nitrogens is 1. The van der Waals surface area contributed by atoms with E-state index in [1.165, 1.54) is 16.7 Å². The van der Waals surface area contributed by atoms with E-state index in [0.717, 1.165) is 11.3 Å². The van der Waals surface area contributed by atoms with Gasteiger partial charge < -0.3 is 9.64 Å². The zero-order valence-corrected chi connectivity index (χ0v) is 21.2. The molecule has 2 heterocycles. The Labute approximate surface area is 208 Å². The summed E-state index contributed by atoms with van der Waals surface area (Å²) in [4.78, 5) is 31.4. The molecule has 0 aliphatic carbocycles. The monoisotopic (exact) mass is 470 g/mol. The predicted octanol–water partition coefficient (Wildman–Crippen LogP) is 6.44. The highest BCUT2D eigenvalue weighted by Crippen LogP contribution is 2.34. The third-order valence-electron chi connectivity index (χ3n) is 6.52. The summed E-state index contributed by atoms with van der Waals surface area (Å²) in [6, 6.07) is 20.5. The van der Waals surface area contributed by atoms with Crippen LogP contribution in [0, 0.1) is 13.8 Å². The topological polar surface area (TPSA) is 59.5 Å². The van der Waals surface area contributed by atoms with Gasteiger partial charge in [0.2, 0.25) is 0 Å². The fourth-order valence-electron chi connectivity index (χ4n) is 4.57. The molecule has 1 unspecified atom stereocenters. The van der Waals surface area contributed by atoms with Crippen LogP contribution in [0.25, 0.3) is 0 Å². The third-order valence-corrected chi connectivity index (χ3v) is 6.52. The van der Waals surface area contributed by atoms with Gasteiger partial charge in [-0.15, -0.1) is 0 Å². The molecule has 3 aromatic rings. The maximum absolute atomic E-state index is 13.2. The van der Waals surface area contributed by atoms with Gasteiger partial charge in [0.1, 0.15) is 5.60 Å². The highest BCUT2D eigenvalue weighted by atomic mass is 16.6. The summed E-state index contributed by atoms with van der Waals surface area (Å²) in [6.07, 6.45) is 1.83. The standard InChI is InChI=1S/C30H34N2O3/c1-20-8-6-7-9-26(20)27(17-28(33)24-14-15-31-21(2)16-24)23-12-10-22(11-13-23)25-18-32(19-25)29(34)35-30(3,4)5/h6-16,25,27H,17-19H2,1-5H3. The van der Waals surface area contributed by atoms with Crippen LogP contribution >= 0.6 is 0 Å². The number of carbonyl (C=O) groups is 2. The Morgan fingerprint density at radius 1 is 1.03 bits per heavy atom. The second-order valence-corrected chi connectivity index (χ2v) is 10.5. The number of rotatable bonds is 6. The molecule has 5 heteroatoms. The summed E-state index contributed by atoms with van der Waals surface area (Å²) in [5.41, 5.74) is 5.71. The van der Waals surface area contributed by atoms with Gasteiger partial charge >= 0.3 is 6.09 Å². The zero-order chi connectivity index (χ0) is 25.2. The van der Waals surface area contributed by atoms with Crippen LogP contribution in [0.2, 0.25) is 0 Å². The van der Waals surface area contributed by atoms with Crippen molar-refractivity contribution in [2.75, 3.05) is 13.1 Å². The second kappa shape index (κ2) is 10.0. The number of ether oxygens (including phenoxy) is 1. The number of amides is 1. The lowest BCUT2D eigenvalue weighted by Gasteiger charge is -2.40. The van der Waals surface area contributed by atoms with Gasteiger partial charge in [0, 0.05) is 48.8 Å². The highest BCUT2D eigenvalue weighted by Gasteiger charge is 2.34. The van der Waals surface area contributed by atoms with Gasteiger partial charge in [-0.3, -0.25) is 9.78 Å². The number of carbonyl (C=O) groups excluding carboxylic acids is 2. The maximum atomic E-state index is 13.2.